The quantitative estimate of drug-likeness (QED) is 0.166. The van der Waals surface area contributed by atoms with Gasteiger partial charge < -0.3 is 14.9 Å². The maximum Gasteiger partial charge on any atom is 0.342 e. The van der Waals surface area contributed by atoms with Gasteiger partial charge in [-0.15, -0.1) is 0 Å². The van der Waals surface area contributed by atoms with Crippen LogP contribution in [-0.4, -0.2) is 26.9 Å². The number of rotatable bonds is 8. The Kier molecular flexibility index (Phi) is 6.07. The molecule has 0 unspecified atom stereocenters. The Hall–Kier alpha value is -4.26. The zero-order chi connectivity index (χ0) is 22.5. The molecular weight excluding hydrogens is 406 g/mol. The summed E-state index contributed by atoms with van der Waals surface area (Å²) < 4.78 is 7.18. The summed E-state index contributed by atoms with van der Waals surface area (Å²) in [6.07, 6.45) is 4.63. The Labute approximate surface area is 184 Å². The number of fused-ring (bicyclic) bond motifs is 1. The second-order valence-electron chi connectivity index (χ2n) is 7.21. The molecule has 1 heterocycles. The highest BCUT2D eigenvalue weighted by Crippen LogP contribution is 2.20. The van der Waals surface area contributed by atoms with Crippen molar-refractivity contribution in [3.05, 3.63) is 106 Å². The van der Waals surface area contributed by atoms with Crippen molar-refractivity contribution >= 4 is 28.4 Å². The van der Waals surface area contributed by atoms with E-state index in [-0.39, 0.29) is 18.2 Å². The van der Waals surface area contributed by atoms with Crippen molar-refractivity contribution in [2.45, 2.75) is 13.5 Å². The van der Waals surface area contributed by atoms with E-state index >= 15 is 0 Å². The number of allylic oxidation sites excluding steroid dienone is 1. The molecule has 0 aliphatic heterocycles. The van der Waals surface area contributed by atoms with E-state index in [1.54, 1.807) is 37.3 Å². The lowest BCUT2D eigenvalue weighted by Gasteiger charge is -2.07. The van der Waals surface area contributed by atoms with Crippen LogP contribution in [0.2, 0.25) is 0 Å². The molecule has 0 radical (unpaired) electrons. The average Bonchev–Trinajstić information content (AvgIpc) is 3.18. The van der Waals surface area contributed by atoms with Crippen LogP contribution in [0.4, 0.5) is 5.82 Å². The van der Waals surface area contributed by atoms with Crippen LogP contribution in [0.1, 0.15) is 21.7 Å². The molecule has 7 nitrogen and oxygen atoms in total. The number of nitrogens with zero attached hydrogens (tertiary/aromatic N) is 3. The van der Waals surface area contributed by atoms with Crippen molar-refractivity contribution in [2.75, 3.05) is 6.61 Å². The van der Waals surface area contributed by atoms with E-state index in [0.29, 0.717) is 23.7 Å². The second kappa shape index (κ2) is 9.26. The molecule has 1 aromatic heterocycles. The van der Waals surface area contributed by atoms with Crippen LogP contribution < -0.4 is 4.74 Å². The van der Waals surface area contributed by atoms with Crippen molar-refractivity contribution in [3.8, 4) is 5.75 Å². The van der Waals surface area contributed by atoms with Crippen LogP contribution in [0, 0.1) is 17.0 Å². The third-order valence-corrected chi connectivity index (χ3v) is 5.18. The Morgan fingerprint density at radius 2 is 1.84 bits per heavy atom. The van der Waals surface area contributed by atoms with Crippen LogP contribution in [0.3, 0.4) is 0 Å². The van der Waals surface area contributed by atoms with E-state index in [0.717, 1.165) is 16.3 Å². The zero-order valence-electron chi connectivity index (χ0n) is 17.5. The van der Waals surface area contributed by atoms with Gasteiger partial charge in [-0.05, 0) is 51.6 Å². The van der Waals surface area contributed by atoms with Gasteiger partial charge in [0.25, 0.3) is 0 Å². The number of aromatic nitrogens is 2. The minimum Gasteiger partial charge on any atom is -0.489 e. The lowest BCUT2D eigenvalue weighted by Crippen LogP contribution is -2.11. The van der Waals surface area contributed by atoms with Crippen LogP contribution >= 0.6 is 0 Å². The summed E-state index contributed by atoms with van der Waals surface area (Å²) in [5.41, 5.74) is 1.54. The number of hydrogen-bond acceptors (Lipinski definition) is 5. The first-order chi connectivity index (χ1) is 15.5. The number of benzene rings is 3. The topological polar surface area (TPSA) is 87.3 Å². The van der Waals surface area contributed by atoms with E-state index < -0.39 is 4.92 Å². The molecule has 0 atom stereocenters. The first-order valence-corrected chi connectivity index (χ1v) is 10.1. The van der Waals surface area contributed by atoms with Crippen molar-refractivity contribution in [1.82, 2.24) is 9.55 Å². The molecule has 0 aliphatic carbocycles. The van der Waals surface area contributed by atoms with Gasteiger partial charge in [-0.1, -0.05) is 48.5 Å². The molecule has 32 heavy (non-hydrogen) atoms. The summed E-state index contributed by atoms with van der Waals surface area (Å²) in [7, 11) is 0. The van der Waals surface area contributed by atoms with Gasteiger partial charge in [-0.25, -0.2) is 9.55 Å². The summed E-state index contributed by atoms with van der Waals surface area (Å²) in [5.74, 6) is 0.971. The maximum atomic E-state index is 12.6. The molecule has 0 spiro atoms. The van der Waals surface area contributed by atoms with Gasteiger partial charge >= 0.3 is 5.82 Å². The van der Waals surface area contributed by atoms with Gasteiger partial charge in [0.1, 0.15) is 25.1 Å². The number of nitro groups is 1. The molecule has 0 amide bonds. The third kappa shape index (κ3) is 4.57. The number of imidazole rings is 1. The minimum atomic E-state index is -0.466. The Morgan fingerprint density at radius 3 is 2.62 bits per heavy atom. The standard InChI is InChI=1S/C25H21N3O4/c1-18-26-17-25(28(30)31)27(18)15-16-32-22-12-9-21(10-13-22)24(29)14-11-20-7-4-6-19-5-2-3-8-23(19)20/h2-14,17H,15-16H2,1H3/b14-11+. The lowest BCUT2D eigenvalue weighted by atomic mass is 10.0. The van der Waals surface area contributed by atoms with Gasteiger partial charge in [0.05, 0.1) is 0 Å². The normalized spacial score (nSPS) is 11.2. The number of aryl methyl sites for hydroxylation is 1. The van der Waals surface area contributed by atoms with Gasteiger partial charge in [-0.2, -0.15) is 0 Å². The molecule has 0 saturated carbocycles. The fraction of sp³-hybridized carbons (Fsp3) is 0.120. The minimum absolute atomic E-state index is 0.0648. The van der Waals surface area contributed by atoms with Crippen molar-refractivity contribution < 1.29 is 14.5 Å². The summed E-state index contributed by atoms with van der Waals surface area (Å²) in [5, 5.41) is 13.3. The summed E-state index contributed by atoms with van der Waals surface area (Å²) in [4.78, 5) is 27.1. The summed E-state index contributed by atoms with van der Waals surface area (Å²) in [6, 6.07) is 20.9. The number of ketones is 1. The highest BCUT2D eigenvalue weighted by atomic mass is 16.6. The highest BCUT2D eigenvalue weighted by molar-refractivity contribution is 6.07. The first-order valence-electron chi connectivity index (χ1n) is 10.1. The van der Waals surface area contributed by atoms with E-state index in [4.69, 9.17) is 4.74 Å². The monoisotopic (exact) mass is 427 g/mol. The van der Waals surface area contributed by atoms with Crippen molar-refractivity contribution in [1.29, 1.82) is 0 Å². The molecule has 0 saturated heterocycles. The maximum absolute atomic E-state index is 12.6. The number of carbonyl (C=O) groups is 1. The molecule has 7 heteroatoms. The van der Waals surface area contributed by atoms with Crippen molar-refractivity contribution in [2.24, 2.45) is 0 Å². The molecule has 4 aromatic rings. The summed E-state index contributed by atoms with van der Waals surface area (Å²) in [6.45, 7) is 2.25. The lowest BCUT2D eigenvalue weighted by molar-refractivity contribution is -0.392. The fourth-order valence-corrected chi connectivity index (χ4v) is 3.51. The van der Waals surface area contributed by atoms with Crippen LogP contribution in [0.15, 0.2) is 79.0 Å². The third-order valence-electron chi connectivity index (χ3n) is 5.18. The van der Waals surface area contributed by atoms with E-state index in [9.17, 15) is 14.9 Å². The SMILES string of the molecule is Cc1ncc([N+](=O)[O-])n1CCOc1ccc(C(=O)/C=C/c2cccc3ccccc23)cc1. The predicted octanol–water partition coefficient (Wildman–Crippen LogP) is 5.23. The van der Waals surface area contributed by atoms with Crippen LogP contribution in [0.25, 0.3) is 16.8 Å². The molecule has 0 fully saturated rings. The number of carbonyl (C=O) groups excluding carboxylic acids is 1. The first kappa shape index (κ1) is 21.0. The van der Waals surface area contributed by atoms with E-state index in [1.807, 2.05) is 48.5 Å². The average molecular weight is 427 g/mol. The van der Waals surface area contributed by atoms with Gasteiger partial charge in [0.15, 0.2) is 11.6 Å². The molecule has 0 aliphatic rings. The smallest absolute Gasteiger partial charge is 0.342 e. The molecule has 160 valence electrons. The van der Waals surface area contributed by atoms with Crippen LogP contribution in [-0.2, 0) is 6.54 Å². The zero-order valence-corrected chi connectivity index (χ0v) is 17.5. The molecular formula is C25H21N3O4. The number of ether oxygens (including phenoxy) is 1. The van der Waals surface area contributed by atoms with Gasteiger partial charge in [0, 0.05) is 12.5 Å². The second-order valence-corrected chi connectivity index (χ2v) is 7.21. The van der Waals surface area contributed by atoms with Crippen LogP contribution in [0.5, 0.6) is 5.75 Å². The number of hydrogen-bond donors (Lipinski definition) is 0. The molecule has 0 bridgehead atoms. The van der Waals surface area contributed by atoms with Crippen molar-refractivity contribution in [3.63, 3.8) is 0 Å². The van der Waals surface area contributed by atoms with Gasteiger partial charge in [-0.3, -0.25) is 4.79 Å². The van der Waals surface area contributed by atoms with E-state index in [1.165, 1.54) is 10.8 Å². The Bertz CT molecular complexity index is 1300. The molecule has 3 aromatic carbocycles. The van der Waals surface area contributed by atoms with Gasteiger partial charge in [0.2, 0.25) is 0 Å². The Balaban J connectivity index is 1.38. The predicted molar refractivity (Wildman–Crippen MR) is 123 cm³/mol. The van der Waals surface area contributed by atoms with E-state index in [2.05, 4.69) is 4.98 Å². The molecule has 0 N–H and O–H groups in total. The fourth-order valence-electron chi connectivity index (χ4n) is 3.51. The largest absolute Gasteiger partial charge is 0.489 e. The highest BCUT2D eigenvalue weighted by Gasteiger charge is 2.17. The Morgan fingerprint density at radius 1 is 1.09 bits per heavy atom. The summed E-state index contributed by atoms with van der Waals surface area (Å²) >= 11 is 0. The molecule has 4 rings (SSSR count).